The van der Waals surface area contributed by atoms with Crippen LogP contribution < -0.4 is 0 Å². The number of rotatable bonds is 3. The molecule has 0 atom stereocenters. The van der Waals surface area contributed by atoms with Crippen LogP contribution in [0.4, 0.5) is 4.39 Å². The summed E-state index contributed by atoms with van der Waals surface area (Å²) in [6, 6.07) is 24.7. The van der Waals surface area contributed by atoms with Crippen molar-refractivity contribution in [3.63, 3.8) is 0 Å². The minimum Gasteiger partial charge on any atom is -0.276 e. The van der Waals surface area contributed by atoms with Crippen LogP contribution in [0.25, 0.3) is 28.2 Å². The molecule has 0 saturated carbocycles. The molecule has 0 radical (unpaired) electrons. The molecule has 0 N–H and O–H groups in total. The van der Waals surface area contributed by atoms with Crippen LogP contribution in [0.1, 0.15) is 5.82 Å². The van der Waals surface area contributed by atoms with Gasteiger partial charge in [-0.3, -0.25) is 4.57 Å². The molecule has 0 amide bonds. The molecule has 0 unspecified atom stereocenters. The minimum absolute atomic E-state index is 0.302. The van der Waals surface area contributed by atoms with Gasteiger partial charge in [0, 0.05) is 5.56 Å². The van der Waals surface area contributed by atoms with Crippen molar-refractivity contribution in [3.05, 3.63) is 90.5 Å². The monoisotopic (exact) mass is 329 g/mol. The van der Waals surface area contributed by atoms with Crippen molar-refractivity contribution < 1.29 is 4.39 Å². The molecule has 1 heterocycles. The molecular formula is C21H16FN3. The molecule has 0 spiro atoms. The van der Waals surface area contributed by atoms with Gasteiger partial charge in [-0.1, -0.05) is 66.7 Å². The van der Waals surface area contributed by atoms with E-state index >= 15 is 0 Å². The van der Waals surface area contributed by atoms with Gasteiger partial charge in [-0.05, 0) is 30.2 Å². The van der Waals surface area contributed by atoms with Gasteiger partial charge in [0.05, 0.1) is 5.69 Å². The van der Waals surface area contributed by atoms with E-state index in [1.165, 1.54) is 6.07 Å². The Morgan fingerprint density at radius 3 is 2.12 bits per heavy atom. The van der Waals surface area contributed by atoms with Crippen LogP contribution in [0.3, 0.4) is 0 Å². The van der Waals surface area contributed by atoms with Crippen LogP contribution in [0.15, 0.2) is 78.9 Å². The quantitative estimate of drug-likeness (QED) is 0.526. The summed E-state index contributed by atoms with van der Waals surface area (Å²) in [6.07, 6.45) is 0. The number of para-hydroxylation sites is 1. The van der Waals surface area contributed by atoms with E-state index in [1.807, 2.05) is 55.5 Å². The summed E-state index contributed by atoms with van der Waals surface area (Å²) in [7, 11) is 0. The summed E-state index contributed by atoms with van der Waals surface area (Å²) in [4.78, 5) is 0. The molecule has 3 nitrogen and oxygen atoms in total. The molecule has 0 fully saturated rings. The fourth-order valence-electron chi connectivity index (χ4n) is 3.01. The lowest BCUT2D eigenvalue weighted by Gasteiger charge is -2.13. The van der Waals surface area contributed by atoms with E-state index in [0.717, 1.165) is 16.7 Å². The third-order valence-corrected chi connectivity index (χ3v) is 4.17. The van der Waals surface area contributed by atoms with Gasteiger partial charge in [0.15, 0.2) is 5.82 Å². The predicted octanol–water partition coefficient (Wildman–Crippen LogP) is 5.05. The Balaban J connectivity index is 1.96. The number of halogens is 1. The second-order valence-electron chi connectivity index (χ2n) is 5.77. The third kappa shape index (κ3) is 2.72. The molecule has 0 bridgehead atoms. The minimum atomic E-state index is -0.302. The van der Waals surface area contributed by atoms with E-state index in [4.69, 9.17) is 0 Å². The van der Waals surface area contributed by atoms with Crippen LogP contribution in [0.5, 0.6) is 0 Å². The normalized spacial score (nSPS) is 10.8. The Bertz CT molecular complexity index is 1020. The van der Waals surface area contributed by atoms with Crippen molar-refractivity contribution in [1.82, 2.24) is 14.8 Å². The molecule has 0 saturated heterocycles. The van der Waals surface area contributed by atoms with Crippen LogP contribution in [0.2, 0.25) is 0 Å². The maximum atomic E-state index is 14.4. The Labute approximate surface area is 145 Å². The first-order valence-electron chi connectivity index (χ1n) is 8.07. The van der Waals surface area contributed by atoms with E-state index in [9.17, 15) is 4.39 Å². The van der Waals surface area contributed by atoms with Gasteiger partial charge in [-0.2, -0.15) is 0 Å². The van der Waals surface area contributed by atoms with Crippen molar-refractivity contribution in [2.45, 2.75) is 6.92 Å². The fraction of sp³-hybridized carbons (Fsp3) is 0.0476. The van der Waals surface area contributed by atoms with Crippen molar-refractivity contribution >= 4 is 0 Å². The summed E-state index contributed by atoms with van der Waals surface area (Å²) in [5, 5.41) is 8.53. The lowest BCUT2D eigenvalue weighted by Crippen LogP contribution is -2.03. The summed E-state index contributed by atoms with van der Waals surface area (Å²) in [6.45, 7) is 1.83. The summed E-state index contributed by atoms with van der Waals surface area (Å²) in [5.41, 5.74) is 3.48. The van der Waals surface area contributed by atoms with Crippen molar-refractivity contribution in [1.29, 1.82) is 0 Å². The number of aromatic nitrogens is 3. The Kier molecular flexibility index (Phi) is 3.86. The Morgan fingerprint density at radius 2 is 1.36 bits per heavy atom. The average molecular weight is 329 g/mol. The maximum absolute atomic E-state index is 14.4. The second-order valence-corrected chi connectivity index (χ2v) is 5.77. The molecule has 4 rings (SSSR count). The molecule has 0 aliphatic rings. The second kappa shape index (κ2) is 6.32. The van der Waals surface area contributed by atoms with Crippen LogP contribution in [-0.2, 0) is 0 Å². The lowest BCUT2D eigenvalue weighted by atomic mass is 9.99. The number of hydrogen-bond donors (Lipinski definition) is 0. The molecular weight excluding hydrogens is 313 g/mol. The van der Waals surface area contributed by atoms with E-state index in [2.05, 4.69) is 22.3 Å². The highest BCUT2D eigenvalue weighted by molar-refractivity contribution is 5.81. The topological polar surface area (TPSA) is 30.7 Å². The van der Waals surface area contributed by atoms with Gasteiger partial charge in [-0.25, -0.2) is 4.39 Å². The van der Waals surface area contributed by atoms with Crippen molar-refractivity contribution in [2.24, 2.45) is 0 Å². The van der Waals surface area contributed by atoms with Gasteiger partial charge in [-0.15, -0.1) is 10.2 Å². The number of nitrogens with zero attached hydrogens (tertiary/aromatic N) is 3. The van der Waals surface area contributed by atoms with Gasteiger partial charge in [0.25, 0.3) is 0 Å². The van der Waals surface area contributed by atoms with E-state index in [1.54, 1.807) is 16.7 Å². The maximum Gasteiger partial charge on any atom is 0.169 e. The predicted molar refractivity (Wildman–Crippen MR) is 96.9 cm³/mol. The molecule has 4 heteroatoms. The van der Waals surface area contributed by atoms with E-state index in [-0.39, 0.29) is 5.82 Å². The van der Waals surface area contributed by atoms with Gasteiger partial charge < -0.3 is 0 Å². The van der Waals surface area contributed by atoms with Crippen LogP contribution in [-0.4, -0.2) is 14.8 Å². The number of hydrogen-bond acceptors (Lipinski definition) is 2. The smallest absolute Gasteiger partial charge is 0.169 e. The largest absolute Gasteiger partial charge is 0.276 e. The first-order valence-corrected chi connectivity index (χ1v) is 8.07. The van der Waals surface area contributed by atoms with Crippen molar-refractivity contribution in [2.75, 3.05) is 0 Å². The van der Waals surface area contributed by atoms with Gasteiger partial charge in [0.2, 0.25) is 0 Å². The van der Waals surface area contributed by atoms with E-state index in [0.29, 0.717) is 17.3 Å². The lowest BCUT2D eigenvalue weighted by molar-refractivity contribution is 0.617. The first-order chi connectivity index (χ1) is 12.3. The molecule has 0 aliphatic carbocycles. The fourth-order valence-corrected chi connectivity index (χ4v) is 3.01. The Morgan fingerprint density at radius 1 is 0.720 bits per heavy atom. The highest BCUT2D eigenvalue weighted by Gasteiger charge is 2.18. The molecule has 1 aromatic heterocycles. The molecule has 4 aromatic rings. The van der Waals surface area contributed by atoms with Gasteiger partial charge in [0.1, 0.15) is 11.6 Å². The zero-order valence-corrected chi connectivity index (χ0v) is 13.7. The molecule has 0 aliphatic heterocycles. The highest BCUT2D eigenvalue weighted by atomic mass is 19.1. The standard InChI is InChI=1S/C21H16FN3/c1-15-23-24-21(25(15)20-14-8-7-13-19(20)22)18-12-6-5-11-17(18)16-9-3-2-4-10-16/h2-14H,1H3. The zero-order chi connectivity index (χ0) is 17.2. The van der Waals surface area contributed by atoms with E-state index < -0.39 is 0 Å². The Hall–Kier alpha value is -3.27. The van der Waals surface area contributed by atoms with Crippen LogP contribution in [0, 0.1) is 12.7 Å². The zero-order valence-electron chi connectivity index (χ0n) is 13.7. The molecule has 25 heavy (non-hydrogen) atoms. The highest BCUT2D eigenvalue weighted by Crippen LogP contribution is 2.32. The third-order valence-electron chi connectivity index (χ3n) is 4.17. The summed E-state index contributed by atoms with van der Waals surface area (Å²) < 4.78 is 16.1. The number of benzene rings is 3. The van der Waals surface area contributed by atoms with Gasteiger partial charge >= 0.3 is 0 Å². The van der Waals surface area contributed by atoms with Crippen LogP contribution >= 0.6 is 0 Å². The van der Waals surface area contributed by atoms with Crippen molar-refractivity contribution in [3.8, 4) is 28.2 Å². The summed E-state index contributed by atoms with van der Waals surface area (Å²) >= 11 is 0. The average Bonchev–Trinajstić information content (AvgIpc) is 3.04. The molecule has 122 valence electrons. The summed E-state index contributed by atoms with van der Waals surface area (Å²) in [5.74, 6) is 0.967. The molecule has 3 aromatic carbocycles. The first kappa shape index (κ1) is 15.3. The SMILES string of the molecule is Cc1nnc(-c2ccccc2-c2ccccc2)n1-c1ccccc1F. The number of aryl methyl sites for hydroxylation is 1.